The molecule has 1 aromatic carbocycles. The number of amides is 5. The molecule has 3 heterocycles. The number of hydrogen-bond acceptors (Lipinski definition) is 9. The maximum atomic E-state index is 14.4. The van der Waals surface area contributed by atoms with Crippen molar-refractivity contribution in [2.75, 3.05) is 13.2 Å². The number of fused-ring (bicyclic) bond motifs is 3. The molecule has 1 saturated heterocycles. The van der Waals surface area contributed by atoms with Crippen LogP contribution in [0.4, 0.5) is 14.0 Å². The van der Waals surface area contributed by atoms with Crippen molar-refractivity contribution < 1.29 is 46.3 Å². The van der Waals surface area contributed by atoms with Crippen LogP contribution < -0.4 is 15.4 Å². The van der Waals surface area contributed by atoms with E-state index >= 15 is 0 Å². The molecule has 5 amide bonds. The van der Waals surface area contributed by atoms with Crippen molar-refractivity contribution in [2.24, 2.45) is 11.8 Å². The molecule has 14 nitrogen and oxygen atoms in total. The topological polar surface area (TPSA) is 181 Å². The zero-order valence-electron chi connectivity index (χ0n) is 28.3. The molecule has 0 bridgehead atoms. The van der Waals surface area contributed by atoms with Gasteiger partial charge in [-0.1, -0.05) is 37.1 Å². The molecule has 0 aromatic heterocycles. The fourth-order valence-electron chi connectivity index (χ4n) is 7.24. The third-order valence-corrected chi connectivity index (χ3v) is 12.6. The van der Waals surface area contributed by atoms with E-state index < -0.39 is 80.6 Å². The molecule has 0 radical (unpaired) electrons. The summed E-state index contributed by atoms with van der Waals surface area (Å²) >= 11 is 0. The number of carbonyl (C=O) groups excluding carboxylic acids is 5. The van der Waals surface area contributed by atoms with Gasteiger partial charge in [-0.25, -0.2) is 22.4 Å². The van der Waals surface area contributed by atoms with Crippen LogP contribution in [0.25, 0.3) is 0 Å². The number of nitrogens with zero attached hydrogens (tertiary/aromatic N) is 2. The number of nitrogens with one attached hydrogen (secondary N) is 3. The third-order valence-electron chi connectivity index (χ3n) is 10.7. The van der Waals surface area contributed by atoms with Crippen LogP contribution in [0.3, 0.4) is 0 Å². The lowest BCUT2D eigenvalue weighted by Crippen LogP contribution is -2.58. The number of allylic oxidation sites excluding steroid dienone is 1. The quantitative estimate of drug-likeness (QED) is 0.356. The van der Waals surface area contributed by atoms with E-state index in [1.807, 2.05) is 12.2 Å². The molecule has 276 valence electrons. The van der Waals surface area contributed by atoms with E-state index in [1.54, 1.807) is 12.1 Å². The lowest BCUT2D eigenvalue weighted by atomic mass is 10.1. The minimum absolute atomic E-state index is 0.00534. The summed E-state index contributed by atoms with van der Waals surface area (Å²) in [6, 6.07) is 2.37. The van der Waals surface area contributed by atoms with E-state index in [4.69, 9.17) is 9.47 Å². The largest absolute Gasteiger partial charge is 0.449 e. The number of rotatable bonds is 7. The van der Waals surface area contributed by atoms with E-state index in [2.05, 4.69) is 15.4 Å². The molecule has 51 heavy (non-hydrogen) atoms. The van der Waals surface area contributed by atoms with Crippen LogP contribution in [0.5, 0.6) is 0 Å². The lowest BCUT2D eigenvalue weighted by Gasteiger charge is -2.29. The van der Waals surface area contributed by atoms with Crippen molar-refractivity contribution in [1.82, 2.24) is 25.2 Å². The summed E-state index contributed by atoms with van der Waals surface area (Å²) < 4.78 is 53.2. The van der Waals surface area contributed by atoms with E-state index in [9.17, 15) is 36.8 Å². The summed E-state index contributed by atoms with van der Waals surface area (Å²) in [6.07, 6.45) is 7.28. The third kappa shape index (κ3) is 7.85. The molecular formula is C35H44FN5O9S. The Kier molecular flexibility index (Phi) is 9.71. The first-order valence-corrected chi connectivity index (χ1v) is 19.5. The Morgan fingerprint density at radius 3 is 2.59 bits per heavy atom. The number of carbonyl (C=O) groups is 5. The first-order valence-electron chi connectivity index (χ1n) is 17.9. The normalized spacial score (nSPS) is 29.4. The van der Waals surface area contributed by atoms with Crippen LogP contribution in [0.15, 0.2) is 30.4 Å². The Morgan fingerprint density at radius 2 is 1.84 bits per heavy atom. The van der Waals surface area contributed by atoms with Gasteiger partial charge in [-0.2, -0.15) is 0 Å². The van der Waals surface area contributed by atoms with Crippen molar-refractivity contribution >= 4 is 39.9 Å². The zero-order chi connectivity index (χ0) is 35.9. The Balaban J connectivity index is 1.12. The van der Waals surface area contributed by atoms with E-state index in [1.165, 1.54) is 15.9 Å². The Morgan fingerprint density at radius 1 is 1.04 bits per heavy atom. The number of sulfonamides is 1. The van der Waals surface area contributed by atoms with Gasteiger partial charge in [-0.15, -0.1) is 0 Å². The van der Waals surface area contributed by atoms with Crippen LogP contribution in [0.2, 0.25) is 0 Å². The Hall–Kier alpha value is -4.21. The van der Waals surface area contributed by atoms with Crippen molar-refractivity contribution in [3.8, 4) is 0 Å². The zero-order valence-corrected chi connectivity index (χ0v) is 29.1. The van der Waals surface area contributed by atoms with E-state index in [-0.39, 0.29) is 45.5 Å². The van der Waals surface area contributed by atoms with Crippen LogP contribution in [-0.4, -0.2) is 90.3 Å². The highest BCUT2D eigenvalue weighted by atomic mass is 32.2. The summed E-state index contributed by atoms with van der Waals surface area (Å²) in [5, 5.41) is 4.83. The molecule has 1 aromatic rings. The number of halogens is 1. The highest BCUT2D eigenvalue weighted by molar-refractivity contribution is 7.91. The van der Waals surface area contributed by atoms with E-state index in [0.29, 0.717) is 42.7 Å². The van der Waals surface area contributed by atoms with Crippen LogP contribution in [0, 0.1) is 17.7 Å². The molecule has 7 rings (SSSR count). The Bertz CT molecular complexity index is 1730. The summed E-state index contributed by atoms with van der Waals surface area (Å²) in [6.45, 7) is 0.214. The number of benzene rings is 1. The molecule has 0 spiro atoms. The summed E-state index contributed by atoms with van der Waals surface area (Å²) in [5.74, 6) is -2.70. The van der Waals surface area contributed by atoms with Gasteiger partial charge in [-0.3, -0.25) is 24.0 Å². The summed E-state index contributed by atoms with van der Waals surface area (Å²) in [7, 11) is -3.91. The number of alkyl carbamates (subject to hydrolysis) is 1. The average Bonchev–Trinajstić information content (AvgIpc) is 4.03. The number of ether oxygens (including phenoxy) is 2. The SMILES string of the molecule is O=C(N[C@H]1CCCCCC=C[C@@H]2C[C@@]2(C(=O)NS(=O)(=O)C2CC2)NC(=O)[C@@H]2C[C@@H](OC(=O)N3Cc4cccc(F)c4C3)CN2C1=O)OCC1CC1. The first kappa shape index (κ1) is 35.2. The van der Waals surface area contributed by atoms with Gasteiger partial charge < -0.3 is 25.0 Å². The fraction of sp³-hybridized carbons (Fsp3) is 0.629. The molecule has 3 N–H and O–H groups in total. The molecule has 4 fully saturated rings. The van der Waals surface area contributed by atoms with Crippen molar-refractivity contribution in [3.63, 3.8) is 0 Å². The fourth-order valence-corrected chi connectivity index (χ4v) is 8.60. The second-order valence-electron chi connectivity index (χ2n) is 14.7. The average molecular weight is 730 g/mol. The van der Waals surface area contributed by atoms with Crippen molar-refractivity contribution in [1.29, 1.82) is 0 Å². The van der Waals surface area contributed by atoms with Gasteiger partial charge in [0.1, 0.15) is 29.5 Å². The number of hydrogen-bond donors (Lipinski definition) is 3. The van der Waals surface area contributed by atoms with Crippen LogP contribution >= 0.6 is 0 Å². The van der Waals surface area contributed by atoms with Crippen molar-refractivity contribution in [2.45, 2.75) is 113 Å². The maximum Gasteiger partial charge on any atom is 0.410 e. The molecule has 3 aliphatic heterocycles. The summed E-state index contributed by atoms with van der Waals surface area (Å²) in [4.78, 5) is 70.7. The predicted molar refractivity (Wildman–Crippen MR) is 178 cm³/mol. The monoisotopic (exact) mass is 729 g/mol. The van der Waals surface area contributed by atoms with Gasteiger partial charge in [0.05, 0.1) is 24.9 Å². The second-order valence-corrected chi connectivity index (χ2v) is 16.7. The molecule has 6 aliphatic rings. The first-order chi connectivity index (χ1) is 24.4. The molecule has 3 aliphatic carbocycles. The second kappa shape index (κ2) is 14.1. The minimum atomic E-state index is -3.91. The van der Waals surface area contributed by atoms with Crippen molar-refractivity contribution in [3.05, 3.63) is 47.3 Å². The highest BCUT2D eigenvalue weighted by Crippen LogP contribution is 2.46. The Labute approximate surface area is 295 Å². The van der Waals surface area contributed by atoms with Crippen LogP contribution in [0.1, 0.15) is 81.8 Å². The highest BCUT2D eigenvalue weighted by Gasteiger charge is 2.62. The van der Waals surface area contributed by atoms with Gasteiger partial charge >= 0.3 is 12.2 Å². The smallest absolute Gasteiger partial charge is 0.410 e. The minimum Gasteiger partial charge on any atom is -0.449 e. The van der Waals surface area contributed by atoms with Gasteiger partial charge in [0.25, 0.3) is 5.91 Å². The maximum absolute atomic E-state index is 14.4. The summed E-state index contributed by atoms with van der Waals surface area (Å²) in [5.41, 5.74) is -0.496. The van der Waals surface area contributed by atoms with Gasteiger partial charge in [0, 0.05) is 24.4 Å². The van der Waals surface area contributed by atoms with Gasteiger partial charge in [0.2, 0.25) is 21.8 Å². The van der Waals surface area contributed by atoms with E-state index in [0.717, 1.165) is 25.7 Å². The molecule has 0 unspecified atom stereocenters. The molecule has 16 heteroatoms. The standard InChI is InChI=1S/C35H44FN5O9S/c36-27-9-6-7-22-17-40(19-26(22)27)34(46)50-24-15-29-30(42)38-35(32(44)39-51(47,48)25-13-14-25)16-23(35)8-4-2-1-3-5-10-28(31(43)41(29)18-24)37-33(45)49-20-21-11-12-21/h4,6-9,21,23-25,28-29H,1-3,5,10-20H2,(H,37,45)(H,38,42)(H,39,44)/t23-,24-,28+,29+,35-/m1/s1. The molecule has 5 atom stereocenters. The predicted octanol–water partition coefficient (Wildman–Crippen LogP) is 2.76. The molecule has 3 saturated carbocycles. The lowest BCUT2D eigenvalue weighted by molar-refractivity contribution is -0.141. The van der Waals surface area contributed by atoms with Gasteiger partial charge in [0.15, 0.2) is 0 Å². The van der Waals surface area contributed by atoms with Crippen LogP contribution in [-0.2, 0) is 47.0 Å². The molecular weight excluding hydrogens is 685 g/mol. The van der Waals surface area contributed by atoms with Gasteiger partial charge in [-0.05, 0) is 68.9 Å².